The Labute approximate surface area is 124 Å². The Hall–Kier alpha value is -1.63. The maximum atomic E-state index is 11.9. The Kier molecular flexibility index (Phi) is 5.55. The molecule has 0 saturated heterocycles. The summed E-state index contributed by atoms with van der Waals surface area (Å²) in [6, 6.07) is 0.588. The van der Waals surface area contributed by atoms with Crippen LogP contribution in [-0.4, -0.2) is 33.5 Å². The van der Waals surface area contributed by atoms with E-state index < -0.39 is 5.69 Å². The summed E-state index contributed by atoms with van der Waals surface area (Å²) in [6.45, 7) is 1.41. The smallest absolute Gasteiger partial charge is 0.346 e. The molecular formula is C14H25N5O2. The summed E-state index contributed by atoms with van der Waals surface area (Å²) < 4.78 is 2.23. The molecule has 1 aliphatic carbocycles. The summed E-state index contributed by atoms with van der Waals surface area (Å²) in [7, 11) is 3.00. The van der Waals surface area contributed by atoms with E-state index in [-0.39, 0.29) is 11.4 Å². The molecule has 1 aromatic rings. The third kappa shape index (κ3) is 4.17. The molecule has 21 heavy (non-hydrogen) atoms. The van der Waals surface area contributed by atoms with Crippen molar-refractivity contribution in [3.05, 3.63) is 20.8 Å². The first-order valence-corrected chi connectivity index (χ1v) is 7.71. The van der Waals surface area contributed by atoms with Crippen molar-refractivity contribution in [2.45, 2.75) is 44.6 Å². The molecule has 0 radical (unpaired) electrons. The first-order chi connectivity index (χ1) is 10.1. The van der Waals surface area contributed by atoms with Crippen LogP contribution in [0.3, 0.4) is 0 Å². The van der Waals surface area contributed by atoms with E-state index >= 15 is 0 Å². The van der Waals surface area contributed by atoms with Crippen LogP contribution < -0.4 is 21.9 Å². The van der Waals surface area contributed by atoms with Crippen LogP contribution in [0.4, 0.5) is 5.82 Å². The molecule has 0 amide bonds. The van der Waals surface area contributed by atoms with Gasteiger partial charge >= 0.3 is 5.69 Å². The van der Waals surface area contributed by atoms with E-state index in [9.17, 15) is 9.59 Å². The molecule has 1 aromatic heterocycles. The molecule has 0 aromatic carbocycles. The fourth-order valence-corrected chi connectivity index (χ4v) is 2.75. The van der Waals surface area contributed by atoms with Gasteiger partial charge in [-0.15, -0.1) is 5.10 Å². The Morgan fingerprint density at radius 1 is 1.10 bits per heavy atom. The van der Waals surface area contributed by atoms with E-state index in [0.29, 0.717) is 12.6 Å². The number of aryl methyl sites for hydroxylation is 1. The molecule has 0 atom stereocenters. The molecule has 0 spiro atoms. The fourth-order valence-electron chi connectivity index (χ4n) is 2.75. The van der Waals surface area contributed by atoms with Gasteiger partial charge in [0, 0.05) is 33.2 Å². The Balaban J connectivity index is 1.83. The van der Waals surface area contributed by atoms with Gasteiger partial charge in [-0.05, 0) is 12.8 Å². The van der Waals surface area contributed by atoms with Crippen LogP contribution in [0.5, 0.6) is 0 Å². The van der Waals surface area contributed by atoms with Crippen molar-refractivity contribution in [1.29, 1.82) is 0 Å². The van der Waals surface area contributed by atoms with Crippen molar-refractivity contribution in [1.82, 2.24) is 19.7 Å². The predicted molar refractivity (Wildman–Crippen MR) is 82.7 cm³/mol. The van der Waals surface area contributed by atoms with Gasteiger partial charge in [-0.25, -0.2) is 9.48 Å². The molecule has 7 heteroatoms. The van der Waals surface area contributed by atoms with Crippen molar-refractivity contribution < 1.29 is 0 Å². The summed E-state index contributed by atoms with van der Waals surface area (Å²) in [6.07, 6.45) is 7.75. The number of nitrogens with one attached hydrogen (secondary N) is 2. The zero-order valence-electron chi connectivity index (χ0n) is 12.9. The van der Waals surface area contributed by atoms with Crippen molar-refractivity contribution >= 4 is 5.82 Å². The molecule has 118 valence electrons. The quantitative estimate of drug-likeness (QED) is 0.599. The highest BCUT2D eigenvalue weighted by molar-refractivity contribution is 5.29. The van der Waals surface area contributed by atoms with Crippen LogP contribution >= 0.6 is 0 Å². The third-order valence-electron chi connectivity index (χ3n) is 4.03. The van der Waals surface area contributed by atoms with Crippen LogP contribution in [0, 0.1) is 0 Å². The average molecular weight is 295 g/mol. The van der Waals surface area contributed by atoms with Crippen LogP contribution in [0.15, 0.2) is 9.59 Å². The van der Waals surface area contributed by atoms with Crippen molar-refractivity contribution in [2.75, 3.05) is 18.4 Å². The van der Waals surface area contributed by atoms with Crippen molar-refractivity contribution in [3.63, 3.8) is 0 Å². The van der Waals surface area contributed by atoms with Gasteiger partial charge in [0.25, 0.3) is 5.56 Å². The van der Waals surface area contributed by atoms with Gasteiger partial charge in [0.15, 0.2) is 0 Å². The zero-order valence-corrected chi connectivity index (χ0v) is 12.9. The largest absolute Gasteiger partial charge is 0.363 e. The second kappa shape index (κ2) is 7.40. The number of aromatic nitrogens is 3. The Morgan fingerprint density at radius 3 is 2.43 bits per heavy atom. The summed E-state index contributed by atoms with van der Waals surface area (Å²) in [5, 5.41) is 10.5. The van der Waals surface area contributed by atoms with E-state index in [1.807, 2.05) is 0 Å². The highest BCUT2D eigenvalue weighted by Crippen LogP contribution is 2.16. The SMILES string of the molecule is Cn1nc(NCCNC2CCCCCC2)c(=O)n(C)c1=O. The lowest BCUT2D eigenvalue weighted by molar-refractivity contribution is 0.468. The normalized spacial score (nSPS) is 16.7. The lowest BCUT2D eigenvalue weighted by Crippen LogP contribution is -2.41. The number of hydrogen-bond acceptors (Lipinski definition) is 5. The standard InChI is InChI=1S/C14H25N5O2/c1-18-13(20)12(17-19(2)14(18)21)16-10-9-15-11-7-5-3-4-6-8-11/h11,15H,3-10H2,1-2H3,(H,16,17). The van der Waals surface area contributed by atoms with Gasteiger partial charge < -0.3 is 10.6 Å². The van der Waals surface area contributed by atoms with Gasteiger partial charge in [-0.2, -0.15) is 0 Å². The van der Waals surface area contributed by atoms with Gasteiger partial charge in [0.1, 0.15) is 0 Å². The first kappa shape index (κ1) is 15.8. The number of nitrogens with zero attached hydrogens (tertiary/aromatic N) is 3. The van der Waals surface area contributed by atoms with E-state index in [2.05, 4.69) is 15.7 Å². The molecular weight excluding hydrogens is 270 g/mol. The maximum Gasteiger partial charge on any atom is 0.346 e. The molecule has 0 bridgehead atoms. The monoisotopic (exact) mass is 295 g/mol. The first-order valence-electron chi connectivity index (χ1n) is 7.71. The van der Waals surface area contributed by atoms with Gasteiger partial charge in [0.2, 0.25) is 5.82 Å². The molecule has 1 fully saturated rings. The fraction of sp³-hybridized carbons (Fsp3) is 0.786. The van der Waals surface area contributed by atoms with E-state index in [0.717, 1.165) is 11.1 Å². The number of hydrogen-bond donors (Lipinski definition) is 2. The minimum atomic E-state index is -0.415. The second-order valence-electron chi connectivity index (χ2n) is 5.69. The summed E-state index contributed by atoms with van der Waals surface area (Å²) in [5.74, 6) is 0.224. The molecule has 2 N–H and O–H groups in total. The molecule has 7 nitrogen and oxygen atoms in total. The maximum absolute atomic E-state index is 11.9. The molecule has 0 aliphatic heterocycles. The predicted octanol–water partition coefficient (Wildman–Crippen LogP) is 0.203. The van der Waals surface area contributed by atoms with Crippen molar-refractivity contribution in [3.8, 4) is 0 Å². The molecule has 1 aliphatic rings. The van der Waals surface area contributed by atoms with E-state index in [4.69, 9.17) is 0 Å². The zero-order chi connectivity index (χ0) is 15.2. The lowest BCUT2D eigenvalue weighted by atomic mass is 10.1. The summed E-state index contributed by atoms with van der Waals surface area (Å²) in [4.78, 5) is 23.4. The van der Waals surface area contributed by atoms with Crippen LogP contribution in [0.1, 0.15) is 38.5 Å². The highest BCUT2D eigenvalue weighted by atomic mass is 16.2. The Morgan fingerprint density at radius 2 is 1.76 bits per heavy atom. The molecule has 1 saturated carbocycles. The molecule has 2 rings (SSSR count). The number of anilines is 1. The van der Waals surface area contributed by atoms with E-state index in [1.165, 1.54) is 57.3 Å². The Bertz CT molecular complexity index is 570. The highest BCUT2D eigenvalue weighted by Gasteiger charge is 2.11. The summed E-state index contributed by atoms with van der Waals surface area (Å²) >= 11 is 0. The lowest BCUT2D eigenvalue weighted by Gasteiger charge is -2.16. The minimum absolute atomic E-state index is 0.224. The van der Waals surface area contributed by atoms with Gasteiger partial charge in [0.05, 0.1) is 0 Å². The van der Waals surface area contributed by atoms with Crippen LogP contribution in [-0.2, 0) is 14.1 Å². The average Bonchev–Trinajstić information content (AvgIpc) is 2.75. The number of rotatable bonds is 5. The minimum Gasteiger partial charge on any atom is -0.363 e. The van der Waals surface area contributed by atoms with Crippen molar-refractivity contribution in [2.24, 2.45) is 14.1 Å². The summed E-state index contributed by atoms with van der Waals surface area (Å²) in [5.41, 5.74) is -0.797. The van der Waals surface area contributed by atoms with Crippen LogP contribution in [0.25, 0.3) is 0 Å². The molecule has 0 unspecified atom stereocenters. The third-order valence-corrected chi connectivity index (χ3v) is 4.03. The van der Waals surface area contributed by atoms with Crippen LogP contribution in [0.2, 0.25) is 0 Å². The molecule has 1 heterocycles. The van der Waals surface area contributed by atoms with Gasteiger partial charge in [-0.1, -0.05) is 25.7 Å². The van der Waals surface area contributed by atoms with Gasteiger partial charge in [-0.3, -0.25) is 9.36 Å². The second-order valence-corrected chi connectivity index (χ2v) is 5.69. The van der Waals surface area contributed by atoms with E-state index in [1.54, 1.807) is 0 Å². The topological polar surface area (TPSA) is 81.0 Å².